The molecule has 0 aromatic rings. The van der Waals surface area contributed by atoms with Crippen LogP contribution in [0.15, 0.2) is 0 Å². The lowest BCUT2D eigenvalue weighted by Gasteiger charge is -2.37. The zero-order valence-electron chi connectivity index (χ0n) is 11.6. The van der Waals surface area contributed by atoms with Gasteiger partial charge in [0.15, 0.2) is 11.1 Å². The van der Waals surface area contributed by atoms with Gasteiger partial charge in [0, 0.05) is 0 Å². The Morgan fingerprint density at radius 2 is 1.60 bits per heavy atom. The second kappa shape index (κ2) is 6.85. The van der Waals surface area contributed by atoms with Crippen molar-refractivity contribution in [1.82, 2.24) is 0 Å². The maximum atomic E-state index is 11.2. The Morgan fingerprint density at radius 1 is 1.00 bits per heavy atom. The van der Waals surface area contributed by atoms with E-state index in [0.29, 0.717) is 11.8 Å². The van der Waals surface area contributed by atoms with E-state index >= 15 is 0 Å². The lowest BCUT2D eigenvalue weighted by molar-refractivity contribution is 0.167. The minimum absolute atomic E-state index is 0.0451. The van der Waals surface area contributed by atoms with Gasteiger partial charge in [0.05, 0.1) is 11.0 Å². The number of rotatable bonds is 4. The van der Waals surface area contributed by atoms with E-state index in [0.717, 1.165) is 51.4 Å². The van der Waals surface area contributed by atoms with Gasteiger partial charge in [-0.05, 0) is 43.4 Å². The summed E-state index contributed by atoms with van der Waals surface area (Å²) in [7, 11) is -3.89. The second-order valence-corrected chi connectivity index (χ2v) is 9.08. The third kappa shape index (κ3) is 4.79. The van der Waals surface area contributed by atoms with E-state index in [4.69, 9.17) is 4.55 Å². The predicted octanol–water partition coefficient (Wildman–Crippen LogP) is 2.46. The molecule has 2 aliphatic rings. The Hall–Kier alpha value is 0.0200. The summed E-state index contributed by atoms with van der Waals surface area (Å²) in [6, 6.07) is 0. The molecule has 5 nitrogen and oxygen atoms in total. The standard InChI is InChI=1S/C13H24O5S2/c14-19(15)13-6-2-5-12(8-13)11-4-1-3-10(7-11)9-20(16,17)18/h10-13H,1-9H2,(H,14,15)(H,16,17,18). The molecule has 0 saturated heterocycles. The molecule has 2 saturated carbocycles. The van der Waals surface area contributed by atoms with Crippen LogP contribution in [0.2, 0.25) is 0 Å². The molecule has 2 rings (SSSR count). The van der Waals surface area contributed by atoms with E-state index in [1.165, 1.54) is 0 Å². The Labute approximate surface area is 123 Å². The van der Waals surface area contributed by atoms with Crippen LogP contribution < -0.4 is 0 Å². The minimum atomic E-state index is -3.89. The Kier molecular flexibility index (Phi) is 5.62. The lowest BCUT2D eigenvalue weighted by Crippen LogP contribution is -2.32. The summed E-state index contributed by atoms with van der Waals surface area (Å²) in [5.74, 6) is 0.797. The summed E-state index contributed by atoms with van der Waals surface area (Å²) in [4.78, 5) is 0. The van der Waals surface area contributed by atoms with Crippen molar-refractivity contribution in [2.45, 2.75) is 56.6 Å². The van der Waals surface area contributed by atoms with E-state index in [1.54, 1.807) is 0 Å². The first-order valence-electron chi connectivity index (χ1n) is 7.40. The lowest BCUT2D eigenvalue weighted by atomic mass is 9.70. The van der Waals surface area contributed by atoms with Crippen LogP contribution in [0.1, 0.15) is 51.4 Å². The third-order valence-electron chi connectivity index (χ3n) is 4.89. The van der Waals surface area contributed by atoms with Gasteiger partial charge in [-0.2, -0.15) is 8.42 Å². The Bertz CT molecular complexity index is 448. The molecule has 2 N–H and O–H groups in total. The van der Waals surface area contributed by atoms with E-state index in [2.05, 4.69) is 0 Å². The van der Waals surface area contributed by atoms with Crippen LogP contribution in [-0.2, 0) is 21.2 Å². The van der Waals surface area contributed by atoms with E-state index in [-0.39, 0.29) is 16.9 Å². The zero-order chi connectivity index (χ0) is 14.8. The van der Waals surface area contributed by atoms with Crippen LogP contribution in [0.5, 0.6) is 0 Å². The van der Waals surface area contributed by atoms with Crippen LogP contribution in [-0.4, -0.2) is 32.7 Å². The Balaban J connectivity index is 1.93. The van der Waals surface area contributed by atoms with Gasteiger partial charge >= 0.3 is 0 Å². The highest BCUT2D eigenvalue weighted by molar-refractivity contribution is 7.85. The van der Waals surface area contributed by atoms with Crippen LogP contribution >= 0.6 is 0 Å². The van der Waals surface area contributed by atoms with Gasteiger partial charge in [-0.1, -0.05) is 25.7 Å². The molecule has 2 aliphatic carbocycles. The van der Waals surface area contributed by atoms with E-state index in [1.807, 2.05) is 0 Å². The maximum absolute atomic E-state index is 11.2. The normalized spacial score (nSPS) is 37.5. The van der Waals surface area contributed by atoms with Crippen LogP contribution in [0, 0.1) is 17.8 Å². The summed E-state index contributed by atoms with van der Waals surface area (Å²) in [6.45, 7) is 0. The molecule has 0 radical (unpaired) electrons. The van der Waals surface area contributed by atoms with Gasteiger partial charge in [0.25, 0.3) is 10.1 Å². The molecular formula is C13H24O5S2. The summed E-state index contributed by atoms with van der Waals surface area (Å²) in [5, 5.41) is -0.115. The maximum Gasteiger partial charge on any atom is 0.265 e. The molecule has 0 amide bonds. The quantitative estimate of drug-likeness (QED) is 0.612. The van der Waals surface area contributed by atoms with E-state index in [9.17, 15) is 17.2 Å². The van der Waals surface area contributed by atoms with E-state index < -0.39 is 21.2 Å². The largest absolute Gasteiger partial charge is 0.306 e. The molecule has 0 heterocycles. The molecule has 5 atom stereocenters. The highest BCUT2D eigenvalue weighted by Gasteiger charge is 2.34. The van der Waals surface area contributed by atoms with Crippen molar-refractivity contribution in [3.63, 3.8) is 0 Å². The molecular weight excluding hydrogens is 300 g/mol. The van der Waals surface area contributed by atoms with Crippen molar-refractivity contribution in [2.24, 2.45) is 17.8 Å². The fourth-order valence-electron chi connectivity index (χ4n) is 4.00. The smallest absolute Gasteiger partial charge is 0.265 e. The predicted molar refractivity (Wildman–Crippen MR) is 78.4 cm³/mol. The van der Waals surface area contributed by atoms with Crippen molar-refractivity contribution in [3.8, 4) is 0 Å². The molecule has 0 aromatic heterocycles. The molecule has 7 heteroatoms. The fourth-order valence-corrected chi connectivity index (χ4v) is 5.68. The summed E-state index contributed by atoms with van der Waals surface area (Å²) in [6.07, 6.45) is 7.44. The van der Waals surface area contributed by atoms with Crippen molar-refractivity contribution in [1.29, 1.82) is 0 Å². The molecule has 0 bridgehead atoms. The molecule has 0 spiro atoms. The first kappa shape index (κ1) is 16.4. The summed E-state index contributed by atoms with van der Waals surface area (Å²) >= 11 is -1.74. The minimum Gasteiger partial charge on any atom is -0.306 e. The molecule has 20 heavy (non-hydrogen) atoms. The highest BCUT2D eigenvalue weighted by atomic mass is 32.2. The van der Waals surface area contributed by atoms with Crippen LogP contribution in [0.25, 0.3) is 0 Å². The molecule has 5 unspecified atom stereocenters. The average Bonchev–Trinajstić information content (AvgIpc) is 2.37. The fraction of sp³-hybridized carbons (Fsp3) is 1.00. The van der Waals surface area contributed by atoms with Crippen molar-refractivity contribution in [3.05, 3.63) is 0 Å². The first-order valence-corrected chi connectivity index (χ1v) is 10.2. The molecule has 0 aromatic carbocycles. The third-order valence-corrected chi connectivity index (χ3v) is 6.78. The second-order valence-electron chi connectivity index (χ2n) is 6.37. The van der Waals surface area contributed by atoms with Gasteiger partial charge in [0.2, 0.25) is 0 Å². The monoisotopic (exact) mass is 324 g/mol. The average molecular weight is 324 g/mol. The van der Waals surface area contributed by atoms with Gasteiger partial charge in [-0.15, -0.1) is 0 Å². The van der Waals surface area contributed by atoms with Crippen LogP contribution in [0.3, 0.4) is 0 Å². The number of hydrogen-bond donors (Lipinski definition) is 2. The molecule has 2 fully saturated rings. The van der Waals surface area contributed by atoms with Gasteiger partial charge in [-0.3, -0.25) is 4.55 Å². The molecule has 0 aliphatic heterocycles. The topological polar surface area (TPSA) is 91.7 Å². The van der Waals surface area contributed by atoms with Crippen molar-refractivity contribution < 1.29 is 21.7 Å². The SMILES string of the molecule is O=S(O)C1CCCC(C2CCCC(CS(=O)(=O)O)C2)C1. The van der Waals surface area contributed by atoms with Gasteiger partial charge in [0.1, 0.15) is 0 Å². The van der Waals surface area contributed by atoms with Gasteiger partial charge in [-0.25, -0.2) is 4.21 Å². The van der Waals surface area contributed by atoms with Crippen LogP contribution in [0.4, 0.5) is 0 Å². The first-order chi connectivity index (χ1) is 9.35. The van der Waals surface area contributed by atoms with Gasteiger partial charge < -0.3 is 4.55 Å². The summed E-state index contributed by atoms with van der Waals surface area (Å²) in [5.41, 5.74) is 0. The number of hydrogen-bond acceptors (Lipinski definition) is 3. The molecule has 118 valence electrons. The van der Waals surface area contributed by atoms with Crippen molar-refractivity contribution in [2.75, 3.05) is 5.75 Å². The van der Waals surface area contributed by atoms with Crippen molar-refractivity contribution >= 4 is 21.2 Å². The summed E-state index contributed by atoms with van der Waals surface area (Å²) < 4.78 is 51.5. The zero-order valence-corrected chi connectivity index (χ0v) is 13.2. The Morgan fingerprint density at radius 3 is 2.20 bits per heavy atom. The highest BCUT2D eigenvalue weighted by Crippen LogP contribution is 2.41.